The Labute approximate surface area is 295 Å². The molecule has 4 heteroatoms. The van der Waals surface area contributed by atoms with Gasteiger partial charge in [0.25, 0.3) is 0 Å². The molecule has 0 heterocycles. The van der Waals surface area contributed by atoms with E-state index in [9.17, 15) is 9.90 Å². The van der Waals surface area contributed by atoms with E-state index in [4.69, 9.17) is 9.47 Å². The number of hydrogen-bond acceptors (Lipinski definition) is 4. The first-order valence-corrected chi connectivity index (χ1v) is 21.6. The van der Waals surface area contributed by atoms with Crippen LogP contribution < -0.4 is 0 Å². The molecule has 0 aliphatic heterocycles. The highest BCUT2D eigenvalue weighted by Crippen LogP contribution is 2.16. The van der Waals surface area contributed by atoms with Crippen LogP contribution in [0.3, 0.4) is 0 Å². The van der Waals surface area contributed by atoms with Crippen LogP contribution >= 0.6 is 0 Å². The molecule has 0 fully saturated rings. The molecule has 0 aliphatic carbocycles. The molecule has 1 N–H and O–H groups in total. The van der Waals surface area contributed by atoms with E-state index >= 15 is 0 Å². The Bertz CT molecular complexity index is 580. The lowest BCUT2D eigenvalue weighted by atomic mass is 10.0. The van der Waals surface area contributed by atoms with E-state index < -0.39 is 6.10 Å². The summed E-state index contributed by atoms with van der Waals surface area (Å²) in [5.74, 6) is -0.193. The van der Waals surface area contributed by atoms with Crippen molar-refractivity contribution in [1.29, 1.82) is 0 Å². The number of carbonyl (C=O) groups is 1. The average molecular weight is 667 g/mol. The second kappa shape index (κ2) is 41.6. The third-order valence-electron chi connectivity index (χ3n) is 9.93. The fourth-order valence-electron chi connectivity index (χ4n) is 6.68. The Morgan fingerprint density at radius 3 is 1.00 bits per heavy atom. The standard InChI is InChI=1S/C43H86O4/c1-3-5-7-9-11-13-15-17-18-19-20-21-22-23-24-25-26-27-28-30-32-34-36-38-43(45)47-42(40-44)41-46-39-37-35-33-31-29-16-14-12-10-8-6-4-2/h42,44H,3-41H2,1-2H3. The lowest BCUT2D eigenvalue weighted by molar-refractivity contribution is -0.154. The van der Waals surface area contributed by atoms with Crippen LogP contribution in [0.15, 0.2) is 0 Å². The van der Waals surface area contributed by atoms with E-state index in [0.29, 0.717) is 19.6 Å². The third-order valence-corrected chi connectivity index (χ3v) is 9.93. The molecule has 1 unspecified atom stereocenters. The Morgan fingerprint density at radius 2 is 0.702 bits per heavy atom. The van der Waals surface area contributed by atoms with Crippen LogP contribution in [0.4, 0.5) is 0 Å². The summed E-state index contributed by atoms with van der Waals surface area (Å²) in [4.78, 5) is 12.2. The van der Waals surface area contributed by atoms with Gasteiger partial charge in [0.2, 0.25) is 0 Å². The molecule has 282 valence electrons. The van der Waals surface area contributed by atoms with Crippen molar-refractivity contribution in [3.05, 3.63) is 0 Å². The number of hydrogen-bond donors (Lipinski definition) is 1. The fourth-order valence-corrected chi connectivity index (χ4v) is 6.68. The van der Waals surface area contributed by atoms with Crippen LogP contribution in [0.2, 0.25) is 0 Å². The molecule has 0 aliphatic rings. The van der Waals surface area contributed by atoms with E-state index in [2.05, 4.69) is 13.8 Å². The molecule has 4 nitrogen and oxygen atoms in total. The van der Waals surface area contributed by atoms with E-state index in [1.807, 2.05) is 0 Å². The molecule has 0 amide bonds. The van der Waals surface area contributed by atoms with Crippen molar-refractivity contribution >= 4 is 5.97 Å². The lowest BCUT2D eigenvalue weighted by Gasteiger charge is -2.16. The van der Waals surface area contributed by atoms with Crippen LogP contribution in [-0.4, -0.2) is 37.0 Å². The smallest absolute Gasteiger partial charge is 0.306 e. The van der Waals surface area contributed by atoms with E-state index in [0.717, 1.165) is 19.3 Å². The van der Waals surface area contributed by atoms with Crippen molar-refractivity contribution < 1.29 is 19.4 Å². The molecule has 0 aromatic carbocycles. The van der Waals surface area contributed by atoms with E-state index in [1.165, 1.54) is 205 Å². The number of unbranched alkanes of at least 4 members (excludes halogenated alkanes) is 33. The summed E-state index contributed by atoms with van der Waals surface area (Å²) in [7, 11) is 0. The lowest BCUT2D eigenvalue weighted by Crippen LogP contribution is -2.27. The maximum Gasteiger partial charge on any atom is 0.306 e. The summed E-state index contributed by atoms with van der Waals surface area (Å²) in [6.45, 7) is 5.40. The van der Waals surface area contributed by atoms with Crippen LogP contribution in [0, 0.1) is 0 Å². The van der Waals surface area contributed by atoms with Gasteiger partial charge in [-0.15, -0.1) is 0 Å². The van der Waals surface area contributed by atoms with Crippen molar-refractivity contribution in [2.75, 3.05) is 19.8 Å². The predicted molar refractivity (Wildman–Crippen MR) is 205 cm³/mol. The molecule has 0 spiro atoms. The number of carbonyl (C=O) groups excluding carboxylic acids is 1. The topological polar surface area (TPSA) is 55.8 Å². The van der Waals surface area contributed by atoms with Gasteiger partial charge in [0.15, 0.2) is 0 Å². The van der Waals surface area contributed by atoms with Gasteiger partial charge in [0.1, 0.15) is 6.10 Å². The highest BCUT2D eigenvalue weighted by atomic mass is 16.6. The number of aliphatic hydroxyl groups is 1. The molecular weight excluding hydrogens is 580 g/mol. The fraction of sp³-hybridized carbons (Fsp3) is 0.977. The summed E-state index contributed by atoms with van der Waals surface area (Å²) < 4.78 is 11.1. The van der Waals surface area contributed by atoms with Gasteiger partial charge in [-0.25, -0.2) is 0 Å². The molecular formula is C43H86O4. The summed E-state index contributed by atoms with van der Waals surface area (Å²) in [6.07, 6.45) is 47.4. The zero-order valence-electron chi connectivity index (χ0n) is 32.3. The minimum Gasteiger partial charge on any atom is -0.457 e. The summed E-state index contributed by atoms with van der Waals surface area (Å²) in [5.41, 5.74) is 0. The number of rotatable bonds is 41. The largest absolute Gasteiger partial charge is 0.457 e. The Balaban J connectivity index is 3.33. The van der Waals surface area contributed by atoms with Gasteiger partial charge < -0.3 is 14.6 Å². The number of ether oxygens (including phenoxy) is 2. The van der Waals surface area contributed by atoms with Crippen molar-refractivity contribution in [2.45, 2.75) is 251 Å². The Morgan fingerprint density at radius 1 is 0.426 bits per heavy atom. The molecule has 0 rings (SSSR count). The summed E-state index contributed by atoms with van der Waals surface area (Å²) >= 11 is 0. The monoisotopic (exact) mass is 667 g/mol. The molecule has 0 saturated heterocycles. The quantitative estimate of drug-likeness (QED) is 0.0521. The van der Waals surface area contributed by atoms with Gasteiger partial charge in [0.05, 0.1) is 13.2 Å². The minimum absolute atomic E-state index is 0.163. The summed E-state index contributed by atoms with van der Waals surface area (Å²) in [6, 6.07) is 0. The van der Waals surface area contributed by atoms with Gasteiger partial charge in [-0.05, 0) is 12.8 Å². The summed E-state index contributed by atoms with van der Waals surface area (Å²) in [5, 5.41) is 9.58. The zero-order valence-corrected chi connectivity index (χ0v) is 32.3. The molecule has 47 heavy (non-hydrogen) atoms. The minimum atomic E-state index is -0.524. The zero-order chi connectivity index (χ0) is 34.1. The van der Waals surface area contributed by atoms with Crippen LogP contribution in [0.1, 0.15) is 245 Å². The maximum atomic E-state index is 12.2. The van der Waals surface area contributed by atoms with Crippen LogP contribution in [0.5, 0.6) is 0 Å². The highest BCUT2D eigenvalue weighted by Gasteiger charge is 2.13. The second-order valence-electron chi connectivity index (χ2n) is 14.8. The van der Waals surface area contributed by atoms with Gasteiger partial charge in [-0.3, -0.25) is 4.79 Å². The van der Waals surface area contributed by atoms with Crippen LogP contribution in [-0.2, 0) is 14.3 Å². The Hall–Kier alpha value is -0.610. The maximum absolute atomic E-state index is 12.2. The van der Waals surface area contributed by atoms with Gasteiger partial charge in [-0.1, -0.05) is 226 Å². The van der Waals surface area contributed by atoms with Crippen molar-refractivity contribution in [3.63, 3.8) is 0 Å². The molecule has 0 saturated carbocycles. The molecule has 0 aromatic heterocycles. The first-order chi connectivity index (χ1) is 23.2. The van der Waals surface area contributed by atoms with Crippen LogP contribution in [0.25, 0.3) is 0 Å². The SMILES string of the molecule is CCCCCCCCCCCCCCCCCCCCCCCCCC(=O)OC(CO)COCCCCCCCCCCCCCC. The van der Waals surface area contributed by atoms with Gasteiger partial charge in [0, 0.05) is 13.0 Å². The molecule has 0 radical (unpaired) electrons. The van der Waals surface area contributed by atoms with Crippen molar-refractivity contribution in [2.24, 2.45) is 0 Å². The normalized spacial score (nSPS) is 12.1. The third kappa shape index (κ3) is 39.7. The van der Waals surface area contributed by atoms with Gasteiger partial charge >= 0.3 is 5.97 Å². The molecule has 0 aromatic rings. The number of esters is 1. The van der Waals surface area contributed by atoms with Crippen molar-refractivity contribution in [3.8, 4) is 0 Å². The van der Waals surface area contributed by atoms with E-state index in [1.54, 1.807) is 0 Å². The highest BCUT2D eigenvalue weighted by molar-refractivity contribution is 5.69. The second-order valence-corrected chi connectivity index (χ2v) is 14.8. The first-order valence-electron chi connectivity index (χ1n) is 21.6. The van der Waals surface area contributed by atoms with Gasteiger partial charge in [-0.2, -0.15) is 0 Å². The average Bonchev–Trinajstić information content (AvgIpc) is 3.08. The first kappa shape index (κ1) is 46.4. The Kier molecular flexibility index (Phi) is 41.0. The van der Waals surface area contributed by atoms with E-state index in [-0.39, 0.29) is 12.6 Å². The van der Waals surface area contributed by atoms with Crippen molar-refractivity contribution in [1.82, 2.24) is 0 Å². The predicted octanol–water partition coefficient (Wildman–Crippen LogP) is 14.0. The molecule has 0 bridgehead atoms. The number of aliphatic hydroxyl groups excluding tert-OH is 1. The molecule has 1 atom stereocenters.